The van der Waals surface area contributed by atoms with Gasteiger partial charge in [0.1, 0.15) is 5.82 Å². The van der Waals surface area contributed by atoms with Gasteiger partial charge in [-0.05, 0) is 36.2 Å². The molecule has 1 atom stereocenters. The van der Waals surface area contributed by atoms with E-state index >= 15 is 0 Å². The lowest BCUT2D eigenvalue weighted by atomic mass is 9.75. The van der Waals surface area contributed by atoms with E-state index in [9.17, 15) is 39.5 Å². The average Bonchev–Trinajstić information content (AvgIpc) is 3.29. The fourth-order valence-electron chi connectivity index (χ4n) is 4.23. The zero-order valence-electron chi connectivity index (χ0n) is 20.5. The van der Waals surface area contributed by atoms with Crippen LogP contribution in [0.4, 0.5) is 45.2 Å². The van der Waals surface area contributed by atoms with E-state index in [0.29, 0.717) is 39.1 Å². The molecule has 2 N–H and O–H groups in total. The van der Waals surface area contributed by atoms with Gasteiger partial charge < -0.3 is 15.1 Å². The summed E-state index contributed by atoms with van der Waals surface area (Å²) in [7, 11) is 0. The molecule has 40 heavy (non-hydrogen) atoms. The first-order valence-electron chi connectivity index (χ1n) is 11.5. The van der Waals surface area contributed by atoms with Crippen LogP contribution in [-0.2, 0) is 16.1 Å². The number of hydrogen-bond acceptors (Lipinski definition) is 5. The molecule has 2 aliphatic rings. The summed E-state index contributed by atoms with van der Waals surface area (Å²) in [6, 6.07) is 10.0. The van der Waals surface area contributed by atoms with E-state index in [2.05, 4.69) is 9.88 Å². The minimum absolute atomic E-state index is 0.130. The minimum atomic E-state index is -5.08. The Morgan fingerprint density at radius 3 is 1.90 bits per heavy atom. The van der Waals surface area contributed by atoms with Crippen molar-refractivity contribution in [2.75, 3.05) is 31.1 Å². The Morgan fingerprint density at radius 1 is 0.875 bits per heavy atom. The summed E-state index contributed by atoms with van der Waals surface area (Å²) in [6.45, 7) is 2.25. The van der Waals surface area contributed by atoms with Crippen LogP contribution >= 0.6 is 0 Å². The van der Waals surface area contributed by atoms with Crippen LogP contribution in [0.15, 0.2) is 48.8 Å². The van der Waals surface area contributed by atoms with E-state index in [0.717, 1.165) is 11.3 Å². The number of hydrogen-bond donors (Lipinski definition) is 2. The largest absolute Gasteiger partial charge is 0.490 e. The molecule has 4 rings (SSSR count). The first-order valence-corrected chi connectivity index (χ1v) is 11.5. The number of carboxylic acid groups (broad SMARTS) is 2. The van der Waals surface area contributed by atoms with Crippen molar-refractivity contribution >= 4 is 17.6 Å². The van der Waals surface area contributed by atoms with Crippen molar-refractivity contribution in [1.29, 1.82) is 0 Å². The zero-order valence-corrected chi connectivity index (χ0v) is 20.5. The predicted octanol–water partition coefficient (Wildman–Crippen LogP) is 5.23. The molecule has 7 nitrogen and oxygen atoms in total. The van der Waals surface area contributed by atoms with Crippen molar-refractivity contribution in [2.24, 2.45) is 5.41 Å². The molecule has 1 aromatic carbocycles. The lowest BCUT2D eigenvalue weighted by Gasteiger charge is -2.46. The molecule has 1 unspecified atom stereocenters. The lowest BCUT2D eigenvalue weighted by molar-refractivity contribution is -0.193. The third-order valence-electron chi connectivity index (χ3n) is 6.21. The molecule has 0 aliphatic carbocycles. The summed E-state index contributed by atoms with van der Waals surface area (Å²) in [5.41, 5.74) is 0.811. The lowest BCUT2D eigenvalue weighted by Crippen LogP contribution is -2.56. The molecule has 2 aliphatic heterocycles. The second kappa shape index (κ2) is 12.7. The Balaban J connectivity index is 0.000000333. The first kappa shape index (κ1) is 32.7. The van der Waals surface area contributed by atoms with Crippen LogP contribution in [-0.4, -0.2) is 76.5 Å². The highest BCUT2D eigenvalue weighted by molar-refractivity contribution is 5.73. The van der Waals surface area contributed by atoms with E-state index in [4.69, 9.17) is 19.8 Å². The number of benzene rings is 1. The summed E-state index contributed by atoms with van der Waals surface area (Å²) in [4.78, 5) is 26.0. The van der Waals surface area contributed by atoms with Gasteiger partial charge in [-0.25, -0.2) is 22.8 Å². The molecule has 222 valence electrons. The first-order chi connectivity index (χ1) is 18.4. The summed E-state index contributed by atoms with van der Waals surface area (Å²) in [5, 5.41) is 14.2. The molecular weight excluding hydrogens is 565 g/mol. The molecular formula is C24H24F9N3O4. The molecule has 1 aromatic heterocycles. The molecule has 2 fully saturated rings. The van der Waals surface area contributed by atoms with Crippen molar-refractivity contribution in [1.82, 2.24) is 9.88 Å². The third-order valence-corrected chi connectivity index (χ3v) is 6.21. The molecule has 0 amide bonds. The van der Waals surface area contributed by atoms with Crippen molar-refractivity contribution < 1.29 is 59.3 Å². The number of halogens is 9. The standard InChI is InChI=1S/C20H22F3N3.2C2HF3O2/c21-17-5-3-16(4-6-17)13-25-10-8-20(22,23)19(14-25)7-11-26(15-19)18-2-1-9-24-12-18;2*3-2(4,5)1(6)7/h1-6,9,12H,7-8,10-11,13-15H2;2*(H,6,7). The highest BCUT2D eigenvalue weighted by atomic mass is 19.4. The van der Waals surface area contributed by atoms with Crippen molar-refractivity contribution in [3.63, 3.8) is 0 Å². The molecule has 16 heteroatoms. The summed E-state index contributed by atoms with van der Waals surface area (Å²) in [5.74, 6) is -8.47. The van der Waals surface area contributed by atoms with Gasteiger partial charge in [0.2, 0.25) is 0 Å². The number of pyridine rings is 1. The topological polar surface area (TPSA) is 94.0 Å². The number of anilines is 1. The van der Waals surface area contributed by atoms with E-state index in [-0.39, 0.29) is 12.2 Å². The van der Waals surface area contributed by atoms with Gasteiger partial charge >= 0.3 is 24.3 Å². The van der Waals surface area contributed by atoms with Crippen molar-refractivity contribution in [3.05, 3.63) is 60.2 Å². The van der Waals surface area contributed by atoms with Gasteiger partial charge in [0.15, 0.2) is 0 Å². The van der Waals surface area contributed by atoms with Gasteiger partial charge in [-0.1, -0.05) is 12.1 Å². The molecule has 3 heterocycles. The van der Waals surface area contributed by atoms with Crippen molar-refractivity contribution in [3.8, 4) is 0 Å². The second-order valence-corrected chi connectivity index (χ2v) is 9.06. The number of aromatic nitrogens is 1. The molecule has 2 aromatic rings. The van der Waals surface area contributed by atoms with Gasteiger partial charge in [0, 0.05) is 45.3 Å². The number of rotatable bonds is 3. The van der Waals surface area contributed by atoms with Gasteiger partial charge in [0.25, 0.3) is 5.92 Å². The summed E-state index contributed by atoms with van der Waals surface area (Å²) >= 11 is 0. The van der Waals surface area contributed by atoms with Crippen LogP contribution in [0.5, 0.6) is 0 Å². The number of alkyl halides is 8. The maximum atomic E-state index is 14.9. The Kier molecular flexibility index (Phi) is 10.4. The van der Waals surface area contributed by atoms with E-state index in [1.54, 1.807) is 24.5 Å². The molecule has 0 saturated carbocycles. The normalized spacial score (nSPS) is 20.7. The van der Waals surface area contributed by atoms with Crippen LogP contribution < -0.4 is 4.90 Å². The number of carbonyl (C=O) groups is 2. The summed E-state index contributed by atoms with van der Waals surface area (Å²) < 4.78 is 106. The number of carboxylic acids is 2. The SMILES string of the molecule is Fc1ccc(CN2CCC(F)(F)C3(CCN(c4cccnc4)C3)C2)cc1.O=C(O)C(F)(F)F.O=C(O)C(F)(F)F. The number of nitrogens with zero attached hydrogens (tertiary/aromatic N) is 3. The smallest absolute Gasteiger partial charge is 0.475 e. The van der Waals surface area contributed by atoms with Crippen LogP contribution in [0.3, 0.4) is 0 Å². The van der Waals surface area contributed by atoms with Crippen LogP contribution in [0.25, 0.3) is 0 Å². The summed E-state index contributed by atoms with van der Waals surface area (Å²) in [6.07, 6.45) is -6.41. The van der Waals surface area contributed by atoms with E-state index < -0.39 is 35.6 Å². The number of aliphatic carboxylic acids is 2. The Bertz CT molecular complexity index is 1110. The Morgan fingerprint density at radius 2 is 1.43 bits per heavy atom. The monoisotopic (exact) mass is 589 g/mol. The number of likely N-dealkylation sites (tertiary alicyclic amines) is 1. The predicted molar refractivity (Wildman–Crippen MR) is 122 cm³/mol. The maximum Gasteiger partial charge on any atom is 0.490 e. The van der Waals surface area contributed by atoms with Gasteiger partial charge in [0.05, 0.1) is 17.3 Å². The van der Waals surface area contributed by atoms with Crippen LogP contribution in [0.1, 0.15) is 18.4 Å². The number of piperidine rings is 1. The highest BCUT2D eigenvalue weighted by Crippen LogP contribution is 2.50. The van der Waals surface area contributed by atoms with Crippen molar-refractivity contribution in [2.45, 2.75) is 37.7 Å². The fourth-order valence-corrected chi connectivity index (χ4v) is 4.23. The van der Waals surface area contributed by atoms with Crippen LogP contribution in [0.2, 0.25) is 0 Å². The fraction of sp³-hybridized carbons (Fsp3) is 0.458. The quantitative estimate of drug-likeness (QED) is 0.474. The van der Waals surface area contributed by atoms with Crippen LogP contribution in [0, 0.1) is 11.2 Å². The van der Waals surface area contributed by atoms with E-state index in [1.807, 2.05) is 17.0 Å². The highest BCUT2D eigenvalue weighted by Gasteiger charge is 2.59. The second-order valence-electron chi connectivity index (χ2n) is 9.06. The maximum absolute atomic E-state index is 14.9. The molecule has 2 saturated heterocycles. The van der Waals surface area contributed by atoms with Gasteiger partial charge in [-0.2, -0.15) is 26.3 Å². The van der Waals surface area contributed by atoms with Gasteiger partial charge in [-0.15, -0.1) is 0 Å². The molecule has 1 spiro atoms. The third kappa shape index (κ3) is 8.99. The molecule has 0 bridgehead atoms. The minimum Gasteiger partial charge on any atom is -0.475 e. The average molecular weight is 589 g/mol. The van der Waals surface area contributed by atoms with E-state index in [1.165, 1.54) is 12.1 Å². The molecule has 0 radical (unpaired) electrons. The van der Waals surface area contributed by atoms with Gasteiger partial charge in [-0.3, -0.25) is 9.88 Å². The Labute approximate surface area is 221 Å². The Hall–Kier alpha value is -3.56. The zero-order chi connectivity index (χ0) is 30.4.